The number of fused-ring (bicyclic) bond motifs is 1. The van der Waals surface area contributed by atoms with Crippen molar-refractivity contribution in [2.45, 2.75) is 13.5 Å². The zero-order chi connectivity index (χ0) is 11.7. The first-order chi connectivity index (χ1) is 7.65. The summed E-state index contributed by atoms with van der Waals surface area (Å²) in [7, 11) is 1.60. The van der Waals surface area contributed by atoms with Gasteiger partial charge in [0.25, 0.3) is 0 Å². The third-order valence-electron chi connectivity index (χ3n) is 2.44. The number of methoxy groups -OCH3 is 1. The van der Waals surface area contributed by atoms with E-state index in [0.29, 0.717) is 10.6 Å². The quantitative estimate of drug-likeness (QED) is 0.873. The number of aliphatic hydroxyl groups excluding tert-OH is 1. The molecule has 0 fully saturated rings. The van der Waals surface area contributed by atoms with E-state index in [4.69, 9.17) is 16.3 Å². The van der Waals surface area contributed by atoms with Gasteiger partial charge in [0.2, 0.25) is 0 Å². The summed E-state index contributed by atoms with van der Waals surface area (Å²) in [5, 5.41) is 10.7. The Morgan fingerprint density at radius 3 is 2.75 bits per heavy atom. The number of hydrogen-bond donors (Lipinski definition) is 1. The summed E-state index contributed by atoms with van der Waals surface area (Å²) >= 11 is 5.98. The lowest BCUT2D eigenvalue weighted by Gasteiger charge is -2.09. The molecule has 0 amide bonds. The number of nitrogens with zero attached hydrogens (tertiary/aromatic N) is 1. The third-order valence-corrected chi connectivity index (χ3v) is 2.66. The number of ether oxygens (including phenoxy) is 1. The number of aryl methyl sites for hydroxylation is 1. The highest BCUT2D eigenvalue weighted by atomic mass is 35.5. The van der Waals surface area contributed by atoms with E-state index in [1.54, 1.807) is 19.2 Å². The van der Waals surface area contributed by atoms with Crippen molar-refractivity contribution in [1.29, 1.82) is 0 Å². The van der Waals surface area contributed by atoms with Crippen molar-refractivity contribution in [3.05, 3.63) is 34.5 Å². The Hall–Kier alpha value is -1.32. The minimum Gasteiger partial charge on any atom is -0.496 e. The molecule has 84 valence electrons. The maximum atomic E-state index is 9.28. The number of aromatic nitrogens is 1. The van der Waals surface area contributed by atoms with Crippen LogP contribution in [0.5, 0.6) is 5.75 Å². The number of halogens is 1. The van der Waals surface area contributed by atoms with E-state index in [1.165, 1.54) is 0 Å². The summed E-state index contributed by atoms with van der Waals surface area (Å²) < 4.78 is 5.28. The largest absolute Gasteiger partial charge is 0.496 e. The molecular weight excluding hydrogens is 226 g/mol. The van der Waals surface area contributed by atoms with E-state index in [-0.39, 0.29) is 6.61 Å². The smallest absolute Gasteiger partial charge is 0.130 e. The molecule has 3 nitrogen and oxygen atoms in total. The van der Waals surface area contributed by atoms with Gasteiger partial charge in [-0.25, -0.2) is 0 Å². The van der Waals surface area contributed by atoms with Crippen molar-refractivity contribution in [2.75, 3.05) is 7.11 Å². The second-order valence-corrected chi connectivity index (χ2v) is 4.02. The van der Waals surface area contributed by atoms with E-state index < -0.39 is 0 Å². The second-order valence-electron chi connectivity index (χ2n) is 3.59. The van der Waals surface area contributed by atoms with E-state index in [0.717, 1.165) is 22.3 Å². The van der Waals surface area contributed by atoms with Crippen LogP contribution in [0.4, 0.5) is 0 Å². The zero-order valence-electron chi connectivity index (χ0n) is 9.12. The lowest BCUT2D eigenvalue weighted by Crippen LogP contribution is -1.95. The van der Waals surface area contributed by atoms with E-state index in [2.05, 4.69) is 4.98 Å². The zero-order valence-corrected chi connectivity index (χ0v) is 9.88. The van der Waals surface area contributed by atoms with Crippen LogP contribution < -0.4 is 4.74 Å². The van der Waals surface area contributed by atoms with Gasteiger partial charge in [0.05, 0.1) is 19.2 Å². The molecule has 0 spiro atoms. The van der Waals surface area contributed by atoms with Gasteiger partial charge in [-0.15, -0.1) is 0 Å². The highest BCUT2D eigenvalue weighted by Crippen LogP contribution is 2.30. The normalized spacial score (nSPS) is 10.8. The van der Waals surface area contributed by atoms with Gasteiger partial charge in [-0.3, -0.25) is 4.98 Å². The monoisotopic (exact) mass is 237 g/mol. The predicted octanol–water partition coefficient (Wildman–Crippen LogP) is 2.70. The average Bonchev–Trinajstić information content (AvgIpc) is 2.27. The summed E-state index contributed by atoms with van der Waals surface area (Å²) in [6, 6.07) is 5.36. The van der Waals surface area contributed by atoms with Gasteiger partial charge in [-0.05, 0) is 19.1 Å². The van der Waals surface area contributed by atoms with Crippen LogP contribution in [0, 0.1) is 6.92 Å². The van der Waals surface area contributed by atoms with Gasteiger partial charge in [0, 0.05) is 27.7 Å². The molecule has 1 aromatic carbocycles. The molecule has 0 aliphatic heterocycles. The molecule has 1 heterocycles. The summed E-state index contributed by atoms with van der Waals surface area (Å²) in [5.41, 5.74) is 2.30. The maximum Gasteiger partial charge on any atom is 0.130 e. The van der Waals surface area contributed by atoms with Crippen molar-refractivity contribution in [1.82, 2.24) is 4.98 Å². The molecule has 0 atom stereocenters. The van der Waals surface area contributed by atoms with Crippen LogP contribution >= 0.6 is 11.6 Å². The second kappa shape index (κ2) is 4.28. The molecule has 2 aromatic rings. The maximum absolute atomic E-state index is 9.28. The third kappa shape index (κ3) is 1.84. The van der Waals surface area contributed by atoms with Crippen LogP contribution in [0.3, 0.4) is 0 Å². The summed E-state index contributed by atoms with van der Waals surface area (Å²) in [5.74, 6) is 0.722. The van der Waals surface area contributed by atoms with Gasteiger partial charge in [0.1, 0.15) is 5.75 Å². The topological polar surface area (TPSA) is 42.4 Å². The summed E-state index contributed by atoms with van der Waals surface area (Å²) in [6.07, 6.45) is 0. The van der Waals surface area contributed by atoms with Gasteiger partial charge in [-0.2, -0.15) is 0 Å². The Labute approximate surface area is 98.6 Å². The van der Waals surface area contributed by atoms with E-state index in [9.17, 15) is 5.11 Å². The van der Waals surface area contributed by atoms with Crippen LogP contribution in [0.15, 0.2) is 18.2 Å². The first-order valence-corrected chi connectivity index (χ1v) is 5.28. The Kier molecular flexibility index (Phi) is 2.99. The Morgan fingerprint density at radius 2 is 2.12 bits per heavy atom. The Balaban J connectivity index is 2.87. The Morgan fingerprint density at radius 1 is 1.38 bits per heavy atom. The number of rotatable bonds is 2. The minimum absolute atomic E-state index is 0.0866. The number of aliphatic hydroxyl groups is 1. The van der Waals surface area contributed by atoms with Crippen molar-refractivity contribution >= 4 is 22.5 Å². The van der Waals surface area contributed by atoms with Gasteiger partial charge >= 0.3 is 0 Å². The molecule has 0 radical (unpaired) electrons. The fourth-order valence-electron chi connectivity index (χ4n) is 1.74. The molecule has 1 N–H and O–H groups in total. The molecule has 0 saturated heterocycles. The molecule has 4 heteroatoms. The minimum atomic E-state index is -0.0866. The molecule has 0 bridgehead atoms. The standard InChI is InChI=1S/C12H12ClNO2/c1-7-3-11(16-2)10-5-9(13)4-8(6-15)12(10)14-7/h3-5,15H,6H2,1-2H3. The summed E-state index contributed by atoms with van der Waals surface area (Å²) in [6.45, 7) is 1.80. The Bertz CT molecular complexity index is 491. The first kappa shape index (κ1) is 11.2. The summed E-state index contributed by atoms with van der Waals surface area (Å²) in [4.78, 5) is 4.40. The number of pyridine rings is 1. The first-order valence-electron chi connectivity index (χ1n) is 4.90. The molecule has 0 saturated carbocycles. The molecule has 0 unspecified atom stereocenters. The highest BCUT2D eigenvalue weighted by Gasteiger charge is 2.09. The lowest BCUT2D eigenvalue weighted by atomic mass is 10.1. The van der Waals surface area contributed by atoms with Crippen molar-refractivity contribution in [3.8, 4) is 5.75 Å². The molecule has 16 heavy (non-hydrogen) atoms. The van der Waals surface area contributed by atoms with Crippen LogP contribution in [0.1, 0.15) is 11.3 Å². The van der Waals surface area contributed by atoms with Crippen molar-refractivity contribution < 1.29 is 9.84 Å². The van der Waals surface area contributed by atoms with Gasteiger partial charge in [0.15, 0.2) is 0 Å². The van der Waals surface area contributed by atoms with Gasteiger partial charge in [-0.1, -0.05) is 11.6 Å². The van der Waals surface area contributed by atoms with Crippen LogP contribution in [0.25, 0.3) is 10.9 Å². The average molecular weight is 238 g/mol. The number of benzene rings is 1. The fourth-order valence-corrected chi connectivity index (χ4v) is 1.98. The molecule has 2 rings (SSSR count). The highest BCUT2D eigenvalue weighted by molar-refractivity contribution is 6.31. The number of hydrogen-bond acceptors (Lipinski definition) is 3. The lowest BCUT2D eigenvalue weighted by molar-refractivity contribution is 0.283. The molecular formula is C12H12ClNO2. The van der Waals surface area contributed by atoms with Crippen molar-refractivity contribution in [3.63, 3.8) is 0 Å². The van der Waals surface area contributed by atoms with Crippen molar-refractivity contribution in [2.24, 2.45) is 0 Å². The fraction of sp³-hybridized carbons (Fsp3) is 0.250. The molecule has 0 aliphatic carbocycles. The molecule has 1 aromatic heterocycles. The SMILES string of the molecule is COc1cc(C)nc2c(CO)cc(Cl)cc12. The van der Waals surface area contributed by atoms with E-state index in [1.807, 2.05) is 13.0 Å². The van der Waals surface area contributed by atoms with Crippen LogP contribution in [-0.2, 0) is 6.61 Å². The molecule has 0 aliphatic rings. The van der Waals surface area contributed by atoms with E-state index >= 15 is 0 Å². The van der Waals surface area contributed by atoms with Gasteiger partial charge < -0.3 is 9.84 Å². The predicted molar refractivity (Wildman–Crippen MR) is 64.0 cm³/mol. The van der Waals surface area contributed by atoms with Crippen LogP contribution in [0.2, 0.25) is 5.02 Å². The van der Waals surface area contributed by atoms with Crippen LogP contribution in [-0.4, -0.2) is 17.2 Å².